The molecule has 4 aromatic rings. The molecule has 1 saturated heterocycles. The molecule has 2 aromatic heterocycles. The van der Waals surface area contributed by atoms with Crippen LogP contribution in [0.2, 0.25) is 0 Å². The van der Waals surface area contributed by atoms with Gasteiger partial charge in [0.15, 0.2) is 5.11 Å². The first-order valence-electron chi connectivity index (χ1n) is 11.6. The molecule has 182 valence electrons. The van der Waals surface area contributed by atoms with Gasteiger partial charge in [0.1, 0.15) is 6.04 Å². The van der Waals surface area contributed by atoms with Gasteiger partial charge in [-0.3, -0.25) is 4.98 Å². The molecule has 1 aliphatic rings. The number of hydrogen-bond donors (Lipinski definition) is 1. The molecule has 7 nitrogen and oxygen atoms in total. The van der Waals surface area contributed by atoms with Crippen LogP contribution in [0.25, 0.3) is 5.69 Å². The fourth-order valence-electron chi connectivity index (χ4n) is 4.59. The minimum absolute atomic E-state index is 0.157. The highest BCUT2D eigenvalue weighted by Gasteiger charge is 2.42. The lowest BCUT2D eigenvalue weighted by molar-refractivity contribution is 0.0600. The number of ether oxygens (including phenoxy) is 1. The number of carbonyl (C=O) groups excluding carboxylic acids is 1. The summed E-state index contributed by atoms with van der Waals surface area (Å²) in [6.45, 7) is 0. The van der Waals surface area contributed by atoms with E-state index in [0.717, 1.165) is 28.5 Å². The van der Waals surface area contributed by atoms with Crippen LogP contribution in [0.3, 0.4) is 0 Å². The highest BCUT2D eigenvalue weighted by molar-refractivity contribution is 7.80. The molecule has 8 heteroatoms. The number of thiocarbonyl (C=S) groups is 1. The van der Waals surface area contributed by atoms with Gasteiger partial charge >= 0.3 is 5.97 Å². The average molecular weight is 498 g/mol. The summed E-state index contributed by atoms with van der Waals surface area (Å²) in [7, 11) is 5.43. The van der Waals surface area contributed by atoms with Crippen molar-refractivity contribution in [2.24, 2.45) is 0 Å². The summed E-state index contributed by atoms with van der Waals surface area (Å²) in [5.41, 5.74) is 5.50. The number of methoxy groups -OCH3 is 1. The van der Waals surface area contributed by atoms with Crippen LogP contribution in [0.15, 0.2) is 91.3 Å². The van der Waals surface area contributed by atoms with Crippen molar-refractivity contribution in [3.05, 3.63) is 108 Å². The van der Waals surface area contributed by atoms with Crippen LogP contribution in [0.4, 0.5) is 11.4 Å². The standard InChI is InChI=1S/C28H27N5O2S/c1-31(2)20-13-15-22(16-14-20)33-26(25(30-28(33)36)23-7-4-5-17-29-23)24-8-6-18-32(24)21-11-9-19(10-12-21)27(34)35-3/h4-18,25-26H,1-3H3,(H,30,36). The van der Waals surface area contributed by atoms with E-state index in [2.05, 4.69) is 55.0 Å². The highest BCUT2D eigenvalue weighted by atomic mass is 32.1. The third-order valence-electron chi connectivity index (χ3n) is 6.39. The van der Waals surface area contributed by atoms with Crippen molar-refractivity contribution in [3.8, 4) is 5.69 Å². The first-order chi connectivity index (χ1) is 17.5. The molecule has 0 aliphatic carbocycles. The van der Waals surface area contributed by atoms with Crippen molar-refractivity contribution in [2.75, 3.05) is 31.0 Å². The molecule has 2 unspecified atom stereocenters. The van der Waals surface area contributed by atoms with Crippen molar-refractivity contribution in [1.82, 2.24) is 14.9 Å². The number of anilines is 2. The normalized spacial score (nSPS) is 17.1. The molecule has 0 bridgehead atoms. The first-order valence-corrected chi connectivity index (χ1v) is 12.0. The van der Waals surface area contributed by atoms with Crippen molar-refractivity contribution < 1.29 is 9.53 Å². The summed E-state index contributed by atoms with van der Waals surface area (Å²) < 4.78 is 6.97. The Bertz CT molecular complexity index is 1370. The molecule has 2 aromatic carbocycles. The van der Waals surface area contributed by atoms with E-state index < -0.39 is 0 Å². The number of nitrogens with one attached hydrogen (secondary N) is 1. The zero-order valence-electron chi connectivity index (χ0n) is 20.3. The number of benzene rings is 2. The topological polar surface area (TPSA) is 62.6 Å². The van der Waals surface area contributed by atoms with E-state index in [1.54, 1.807) is 18.3 Å². The Morgan fingerprint density at radius 3 is 2.33 bits per heavy atom. The number of carbonyl (C=O) groups is 1. The summed E-state index contributed by atoms with van der Waals surface area (Å²) in [4.78, 5) is 20.8. The van der Waals surface area contributed by atoms with Crippen LogP contribution in [-0.4, -0.2) is 41.8 Å². The molecule has 0 spiro atoms. The molecular weight excluding hydrogens is 470 g/mol. The first kappa shape index (κ1) is 23.6. The number of pyridine rings is 1. The summed E-state index contributed by atoms with van der Waals surface area (Å²) >= 11 is 5.87. The minimum Gasteiger partial charge on any atom is -0.465 e. The van der Waals surface area contributed by atoms with E-state index in [4.69, 9.17) is 17.0 Å². The van der Waals surface area contributed by atoms with Gasteiger partial charge in [-0.05, 0) is 85.0 Å². The second-order valence-electron chi connectivity index (χ2n) is 8.75. The maximum atomic E-state index is 11.9. The Hall–Kier alpha value is -4.17. The smallest absolute Gasteiger partial charge is 0.337 e. The highest BCUT2D eigenvalue weighted by Crippen LogP contribution is 2.42. The molecule has 2 atom stereocenters. The Kier molecular flexibility index (Phi) is 6.43. The Morgan fingerprint density at radius 1 is 0.972 bits per heavy atom. The molecule has 0 amide bonds. The average Bonchev–Trinajstić information content (AvgIpc) is 3.53. The predicted octanol–water partition coefficient (Wildman–Crippen LogP) is 4.90. The fourth-order valence-corrected chi connectivity index (χ4v) is 4.94. The summed E-state index contributed by atoms with van der Waals surface area (Å²) in [6, 6.07) is 25.5. The SMILES string of the molecule is COC(=O)c1ccc(-n2cccc2C2C(c3ccccn3)NC(=S)N2c2ccc(N(C)C)cc2)cc1. The number of hydrogen-bond acceptors (Lipinski definition) is 5. The fraction of sp³-hybridized carbons (Fsp3) is 0.179. The lowest BCUT2D eigenvalue weighted by atomic mass is 10.0. The Morgan fingerprint density at radius 2 is 1.69 bits per heavy atom. The molecule has 36 heavy (non-hydrogen) atoms. The minimum atomic E-state index is -0.359. The van der Waals surface area contributed by atoms with E-state index in [9.17, 15) is 4.79 Å². The molecule has 1 N–H and O–H groups in total. The quantitative estimate of drug-likeness (QED) is 0.300. The maximum Gasteiger partial charge on any atom is 0.337 e. The van der Waals surface area contributed by atoms with Crippen LogP contribution >= 0.6 is 12.2 Å². The van der Waals surface area contributed by atoms with Gasteiger partial charge in [0, 0.05) is 49.2 Å². The molecule has 1 fully saturated rings. The third-order valence-corrected chi connectivity index (χ3v) is 6.71. The lowest BCUT2D eigenvalue weighted by Gasteiger charge is -2.29. The number of aromatic nitrogens is 2. The van der Waals surface area contributed by atoms with Gasteiger partial charge < -0.3 is 24.4 Å². The zero-order valence-corrected chi connectivity index (χ0v) is 21.1. The van der Waals surface area contributed by atoms with E-state index >= 15 is 0 Å². The third kappa shape index (κ3) is 4.31. The molecular formula is C28H27N5O2S. The van der Waals surface area contributed by atoms with Crippen LogP contribution in [0, 0.1) is 0 Å². The van der Waals surface area contributed by atoms with Gasteiger partial charge in [-0.15, -0.1) is 0 Å². The Balaban J connectivity index is 1.60. The van der Waals surface area contributed by atoms with Crippen LogP contribution < -0.4 is 15.1 Å². The van der Waals surface area contributed by atoms with Gasteiger partial charge in [-0.25, -0.2) is 4.79 Å². The zero-order chi connectivity index (χ0) is 25.2. The summed E-state index contributed by atoms with van der Waals surface area (Å²) in [5, 5.41) is 4.16. The number of rotatable bonds is 6. The molecule has 1 aliphatic heterocycles. The van der Waals surface area contributed by atoms with Crippen molar-refractivity contribution in [1.29, 1.82) is 0 Å². The van der Waals surface area contributed by atoms with E-state index in [-0.39, 0.29) is 18.1 Å². The number of nitrogens with zero attached hydrogens (tertiary/aromatic N) is 4. The van der Waals surface area contributed by atoms with Crippen molar-refractivity contribution in [3.63, 3.8) is 0 Å². The van der Waals surface area contributed by atoms with Crippen LogP contribution in [0.1, 0.15) is 33.8 Å². The molecule has 5 rings (SSSR count). The second-order valence-corrected chi connectivity index (χ2v) is 9.14. The predicted molar refractivity (Wildman–Crippen MR) is 146 cm³/mol. The van der Waals surface area contributed by atoms with Gasteiger partial charge in [0.2, 0.25) is 0 Å². The van der Waals surface area contributed by atoms with Gasteiger partial charge in [-0.1, -0.05) is 6.07 Å². The van der Waals surface area contributed by atoms with Gasteiger partial charge in [0.25, 0.3) is 0 Å². The van der Waals surface area contributed by atoms with Crippen molar-refractivity contribution >= 4 is 34.7 Å². The maximum absolute atomic E-state index is 11.9. The monoisotopic (exact) mass is 497 g/mol. The van der Waals surface area contributed by atoms with Crippen molar-refractivity contribution in [2.45, 2.75) is 12.1 Å². The molecule has 0 saturated carbocycles. The second kappa shape index (κ2) is 9.83. The summed E-state index contributed by atoms with van der Waals surface area (Å²) in [5.74, 6) is -0.359. The number of esters is 1. The van der Waals surface area contributed by atoms with Crippen LogP contribution in [-0.2, 0) is 4.74 Å². The lowest BCUT2D eigenvalue weighted by Crippen LogP contribution is -2.30. The van der Waals surface area contributed by atoms with Gasteiger partial charge in [0.05, 0.1) is 24.4 Å². The Labute approximate surface area is 215 Å². The summed E-state index contributed by atoms with van der Waals surface area (Å²) in [6.07, 6.45) is 3.82. The van der Waals surface area contributed by atoms with Crippen LogP contribution in [0.5, 0.6) is 0 Å². The van der Waals surface area contributed by atoms with Gasteiger partial charge in [-0.2, -0.15) is 0 Å². The van der Waals surface area contributed by atoms with E-state index in [1.807, 2.05) is 56.7 Å². The molecule has 0 radical (unpaired) electrons. The van der Waals surface area contributed by atoms with E-state index in [1.165, 1.54) is 7.11 Å². The largest absolute Gasteiger partial charge is 0.465 e. The van der Waals surface area contributed by atoms with E-state index in [0.29, 0.717) is 10.7 Å². The molecule has 3 heterocycles.